The van der Waals surface area contributed by atoms with Gasteiger partial charge < -0.3 is 19.4 Å². The van der Waals surface area contributed by atoms with Crippen LogP contribution < -0.4 is 14.8 Å². The Morgan fingerprint density at radius 3 is 2.68 bits per heavy atom. The van der Waals surface area contributed by atoms with Crippen LogP contribution in [0.15, 0.2) is 47.6 Å². The van der Waals surface area contributed by atoms with E-state index in [9.17, 15) is 4.79 Å². The SMILES string of the molecule is CCOc1ccc(NC(=O)CSc2nnc(C(C)Oc3cc(C)ccc3Cl)n2C)cc1. The molecule has 0 radical (unpaired) electrons. The molecule has 0 aliphatic carbocycles. The molecule has 2 aromatic carbocycles. The van der Waals surface area contributed by atoms with Gasteiger partial charge in [0.25, 0.3) is 0 Å². The van der Waals surface area contributed by atoms with Gasteiger partial charge in [-0.15, -0.1) is 10.2 Å². The van der Waals surface area contributed by atoms with Crippen LogP contribution in [0.1, 0.15) is 31.3 Å². The van der Waals surface area contributed by atoms with Crippen molar-refractivity contribution in [1.82, 2.24) is 14.8 Å². The molecule has 3 rings (SSSR count). The highest BCUT2D eigenvalue weighted by Crippen LogP contribution is 2.30. The molecule has 0 fully saturated rings. The van der Waals surface area contributed by atoms with Crippen LogP contribution in [-0.4, -0.2) is 33.0 Å². The molecule has 1 aromatic heterocycles. The Hall–Kier alpha value is -2.71. The first-order valence-electron chi connectivity index (χ1n) is 9.85. The van der Waals surface area contributed by atoms with Crippen LogP contribution in [0.5, 0.6) is 11.5 Å². The smallest absolute Gasteiger partial charge is 0.234 e. The normalized spacial score (nSPS) is 11.8. The first kappa shape index (κ1) is 23.0. The molecule has 0 spiro atoms. The van der Waals surface area contributed by atoms with Gasteiger partial charge in [0.05, 0.1) is 17.4 Å². The van der Waals surface area contributed by atoms with E-state index in [0.717, 1.165) is 11.3 Å². The summed E-state index contributed by atoms with van der Waals surface area (Å²) in [5, 5.41) is 12.5. The molecule has 1 N–H and O–H groups in total. The van der Waals surface area contributed by atoms with E-state index >= 15 is 0 Å². The summed E-state index contributed by atoms with van der Waals surface area (Å²) in [5.74, 6) is 2.09. The van der Waals surface area contributed by atoms with Crippen molar-refractivity contribution in [3.63, 3.8) is 0 Å². The van der Waals surface area contributed by atoms with Crippen LogP contribution in [0.2, 0.25) is 5.02 Å². The first-order chi connectivity index (χ1) is 14.9. The molecule has 0 aliphatic rings. The van der Waals surface area contributed by atoms with Crippen LogP contribution in [0.3, 0.4) is 0 Å². The van der Waals surface area contributed by atoms with Gasteiger partial charge >= 0.3 is 0 Å². The monoisotopic (exact) mass is 460 g/mol. The molecule has 1 amide bonds. The van der Waals surface area contributed by atoms with E-state index in [4.69, 9.17) is 21.1 Å². The number of amides is 1. The Morgan fingerprint density at radius 1 is 1.23 bits per heavy atom. The van der Waals surface area contributed by atoms with Gasteiger partial charge in [-0.25, -0.2) is 0 Å². The van der Waals surface area contributed by atoms with Crippen LogP contribution in [0, 0.1) is 6.92 Å². The van der Waals surface area contributed by atoms with Crippen molar-refractivity contribution in [3.8, 4) is 11.5 Å². The number of halogens is 1. The van der Waals surface area contributed by atoms with E-state index in [0.29, 0.717) is 34.0 Å². The molecule has 3 aromatic rings. The highest BCUT2D eigenvalue weighted by Gasteiger charge is 2.19. The number of hydrogen-bond acceptors (Lipinski definition) is 6. The fraction of sp³-hybridized carbons (Fsp3) is 0.318. The molecule has 1 atom stereocenters. The molecule has 164 valence electrons. The van der Waals surface area contributed by atoms with Crippen molar-refractivity contribution in [2.24, 2.45) is 7.05 Å². The average Bonchev–Trinajstić information content (AvgIpc) is 3.11. The Balaban J connectivity index is 1.57. The second-order valence-electron chi connectivity index (χ2n) is 6.89. The third-order valence-corrected chi connectivity index (χ3v) is 5.74. The van der Waals surface area contributed by atoms with Gasteiger partial charge in [-0.1, -0.05) is 29.4 Å². The lowest BCUT2D eigenvalue weighted by Crippen LogP contribution is -2.15. The number of aromatic nitrogens is 3. The van der Waals surface area contributed by atoms with Crippen molar-refractivity contribution in [1.29, 1.82) is 0 Å². The lowest BCUT2D eigenvalue weighted by atomic mass is 10.2. The second kappa shape index (κ2) is 10.5. The van der Waals surface area contributed by atoms with Gasteiger partial charge in [-0.2, -0.15) is 0 Å². The zero-order valence-corrected chi connectivity index (χ0v) is 19.5. The third kappa shape index (κ3) is 6.15. The van der Waals surface area contributed by atoms with Crippen LogP contribution in [0.4, 0.5) is 5.69 Å². The molecular formula is C22H25ClN4O3S. The van der Waals surface area contributed by atoms with E-state index in [2.05, 4.69) is 15.5 Å². The lowest BCUT2D eigenvalue weighted by Gasteiger charge is -2.15. The molecule has 0 aliphatic heterocycles. The molecule has 1 unspecified atom stereocenters. The predicted octanol–water partition coefficient (Wildman–Crippen LogP) is 5.05. The lowest BCUT2D eigenvalue weighted by molar-refractivity contribution is -0.113. The molecule has 31 heavy (non-hydrogen) atoms. The Kier molecular flexibility index (Phi) is 7.81. The van der Waals surface area contributed by atoms with Gasteiger partial charge in [0, 0.05) is 12.7 Å². The minimum Gasteiger partial charge on any atom is -0.494 e. The summed E-state index contributed by atoms with van der Waals surface area (Å²) in [7, 11) is 1.85. The zero-order chi connectivity index (χ0) is 22.4. The van der Waals surface area contributed by atoms with E-state index in [-0.39, 0.29) is 17.8 Å². The highest BCUT2D eigenvalue weighted by molar-refractivity contribution is 7.99. The molecule has 1 heterocycles. The fourth-order valence-corrected chi connectivity index (χ4v) is 3.76. The van der Waals surface area contributed by atoms with Gasteiger partial charge in [0.1, 0.15) is 11.5 Å². The Morgan fingerprint density at radius 2 is 1.97 bits per heavy atom. The third-order valence-electron chi connectivity index (χ3n) is 4.40. The summed E-state index contributed by atoms with van der Waals surface area (Å²) in [5.41, 5.74) is 1.77. The Labute approximate surface area is 191 Å². The fourth-order valence-electron chi connectivity index (χ4n) is 2.88. The summed E-state index contributed by atoms with van der Waals surface area (Å²) in [6.45, 7) is 6.39. The van der Waals surface area contributed by atoms with E-state index in [1.54, 1.807) is 6.07 Å². The molecule has 0 saturated heterocycles. The van der Waals surface area contributed by atoms with Crippen LogP contribution >= 0.6 is 23.4 Å². The minimum absolute atomic E-state index is 0.130. The summed E-state index contributed by atoms with van der Waals surface area (Å²) in [6.07, 6.45) is -0.358. The quantitative estimate of drug-likeness (QED) is 0.450. The van der Waals surface area contributed by atoms with Crippen molar-refractivity contribution >= 4 is 35.0 Å². The summed E-state index contributed by atoms with van der Waals surface area (Å²) < 4.78 is 13.2. The summed E-state index contributed by atoms with van der Waals surface area (Å²) in [6, 6.07) is 12.9. The largest absolute Gasteiger partial charge is 0.494 e. The molecular weight excluding hydrogens is 436 g/mol. The highest BCUT2D eigenvalue weighted by atomic mass is 35.5. The standard InChI is InChI=1S/C22H25ClN4O3S/c1-5-29-17-9-7-16(8-10-17)24-20(28)13-31-22-26-25-21(27(22)4)15(3)30-19-12-14(2)6-11-18(19)23/h6-12,15H,5,13H2,1-4H3,(H,24,28). The number of benzene rings is 2. The van der Waals surface area contributed by atoms with Gasteiger partial charge in [0.15, 0.2) is 17.1 Å². The number of nitrogens with one attached hydrogen (secondary N) is 1. The van der Waals surface area contributed by atoms with E-state index in [1.807, 2.05) is 68.8 Å². The summed E-state index contributed by atoms with van der Waals surface area (Å²) >= 11 is 7.53. The number of anilines is 1. The van der Waals surface area contributed by atoms with Crippen molar-refractivity contribution < 1.29 is 14.3 Å². The maximum Gasteiger partial charge on any atom is 0.234 e. The van der Waals surface area contributed by atoms with Gasteiger partial charge in [0.2, 0.25) is 5.91 Å². The maximum absolute atomic E-state index is 12.3. The maximum atomic E-state index is 12.3. The zero-order valence-electron chi connectivity index (χ0n) is 17.9. The predicted molar refractivity (Wildman–Crippen MR) is 123 cm³/mol. The number of aryl methyl sites for hydroxylation is 1. The van der Waals surface area contributed by atoms with E-state index in [1.165, 1.54) is 11.8 Å². The first-order valence-corrected chi connectivity index (χ1v) is 11.2. The second-order valence-corrected chi connectivity index (χ2v) is 8.24. The summed E-state index contributed by atoms with van der Waals surface area (Å²) in [4.78, 5) is 12.3. The number of nitrogens with zero attached hydrogens (tertiary/aromatic N) is 3. The number of carbonyl (C=O) groups is 1. The molecule has 0 saturated carbocycles. The van der Waals surface area contributed by atoms with Crippen molar-refractivity contribution in [2.45, 2.75) is 32.0 Å². The number of hydrogen-bond donors (Lipinski definition) is 1. The van der Waals surface area contributed by atoms with Gasteiger partial charge in [-0.3, -0.25) is 4.79 Å². The molecule has 9 heteroatoms. The molecule has 0 bridgehead atoms. The number of carbonyl (C=O) groups excluding carboxylic acids is 1. The molecule has 7 nitrogen and oxygen atoms in total. The van der Waals surface area contributed by atoms with Gasteiger partial charge in [-0.05, 0) is 62.7 Å². The number of ether oxygens (including phenoxy) is 2. The number of rotatable bonds is 9. The number of thioether (sulfide) groups is 1. The van der Waals surface area contributed by atoms with Crippen LogP contribution in [-0.2, 0) is 11.8 Å². The van der Waals surface area contributed by atoms with Crippen molar-refractivity contribution in [2.75, 3.05) is 17.7 Å². The average molecular weight is 461 g/mol. The van der Waals surface area contributed by atoms with Crippen molar-refractivity contribution in [3.05, 3.63) is 58.9 Å². The van der Waals surface area contributed by atoms with Crippen LogP contribution in [0.25, 0.3) is 0 Å². The Bertz CT molecular complexity index is 1040. The van der Waals surface area contributed by atoms with E-state index < -0.39 is 0 Å². The topological polar surface area (TPSA) is 78.3 Å². The minimum atomic E-state index is -0.358.